The number of rotatable bonds is 2. The molecule has 3 aromatic heterocycles. The van der Waals surface area contributed by atoms with E-state index in [1.807, 2.05) is 31.4 Å². The summed E-state index contributed by atoms with van der Waals surface area (Å²) < 4.78 is 3.43. The first-order valence-corrected chi connectivity index (χ1v) is 5.67. The number of aryl methyl sites for hydroxylation is 1. The van der Waals surface area contributed by atoms with Crippen molar-refractivity contribution in [3.05, 3.63) is 48.2 Å². The van der Waals surface area contributed by atoms with Crippen molar-refractivity contribution in [3.8, 4) is 6.07 Å². The second-order valence-corrected chi connectivity index (χ2v) is 4.04. The SMILES string of the molecule is Cn1ccc(C=Nc2ccc3ncc(C#N)n3c2)n1. The van der Waals surface area contributed by atoms with Crippen LogP contribution >= 0.6 is 0 Å². The molecule has 0 radical (unpaired) electrons. The monoisotopic (exact) mass is 250 g/mol. The third kappa shape index (κ3) is 2.09. The highest BCUT2D eigenvalue weighted by molar-refractivity contribution is 5.79. The lowest BCUT2D eigenvalue weighted by molar-refractivity contribution is 0.765. The second-order valence-electron chi connectivity index (χ2n) is 4.04. The van der Waals surface area contributed by atoms with Crippen molar-refractivity contribution in [2.75, 3.05) is 0 Å². The number of hydrogen-bond acceptors (Lipinski definition) is 4. The lowest BCUT2D eigenvalue weighted by Crippen LogP contribution is -1.90. The lowest BCUT2D eigenvalue weighted by atomic mass is 10.4. The van der Waals surface area contributed by atoms with Gasteiger partial charge in [-0.15, -0.1) is 0 Å². The van der Waals surface area contributed by atoms with E-state index >= 15 is 0 Å². The predicted octanol–water partition coefficient (Wildman–Crippen LogP) is 1.69. The molecule has 0 unspecified atom stereocenters. The molecule has 0 amide bonds. The summed E-state index contributed by atoms with van der Waals surface area (Å²) in [7, 11) is 1.86. The van der Waals surface area contributed by atoms with E-state index in [2.05, 4.69) is 21.1 Å². The number of aromatic nitrogens is 4. The molecule has 19 heavy (non-hydrogen) atoms. The molecule has 6 heteroatoms. The van der Waals surface area contributed by atoms with Crippen molar-refractivity contribution in [2.24, 2.45) is 12.0 Å². The molecule has 0 saturated carbocycles. The van der Waals surface area contributed by atoms with Gasteiger partial charge in [-0.1, -0.05) is 0 Å². The van der Waals surface area contributed by atoms with Crippen LogP contribution in [-0.4, -0.2) is 25.4 Å². The molecule has 3 rings (SSSR count). The summed E-state index contributed by atoms with van der Waals surface area (Å²) in [5.74, 6) is 0. The number of nitrogens with zero attached hydrogens (tertiary/aromatic N) is 6. The summed E-state index contributed by atoms with van der Waals surface area (Å²) in [4.78, 5) is 8.46. The standard InChI is InChI=1S/C13H10N6/c1-18-5-4-10(17-18)7-15-11-2-3-13-16-8-12(6-14)19(13)9-11/h2-5,7-9H,1H3. The molecule has 3 aromatic rings. The quantitative estimate of drug-likeness (QED) is 0.650. The average Bonchev–Trinajstić information content (AvgIpc) is 3.01. The Bertz CT molecular complexity index is 802. The Balaban J connectivity index is 1.97. The van der Waals surface area contributed by atoms with E-state index in [-0.39, 0.29) is 0 Å². The van der Waals surface area contributed by atoms with Crippen LogP contribution in [0.15, 0.2) is 41.8 Å². The van der Waals surface area contributed by atoms with E-state index in [1.54, 1.807) is 27.7 Å². The number of nitriles is 1. The van der Waals surface area contributed by atoms with Gasteiger partial charge in [-0.05, 0) is 18.2 Å². The maximum Gasteiger partial charge on any atom is 0.144 e. The Kier molecular flexibility index (Phi) is 2.58. The summed E-state index contributed by atoms with van der Waals surface area (Å²) in [6.07, 6.45) is 6.86. The first-order valence-electron chi connectivity index (χ1n) is 5.67. The van der Waals surface area contributed by atoms with Crippen LogP contribution in [-0.2, 0) is 7.05 Å². The van der Waals surface area contributed by atoms with Crippen molar-refractivity contribution in [3.63, 3.8) is 0 Å². The van der Waals surface area contributed by atoms with E-state index in [1.165, 1.54) is 0 Å². The maximum atomic E-state index is 8.96. The van der Waals surface area contributed by atoms with Crippen molar-refractivity contribution in [1.82, 2.24) is 19.2 Å². The molecular weight excluding hydrogens is 240 g/mol. The number of pyridine rings is 1. The largest absolute Gasteiger partial charge is 0.289 e. The molecule has 0 aliphatic carbocycles. The zero-order valence-electron chi connectivity index (χ0n) is 10.2. The minimum atomic E-state index is 0.491. The van der Waals surface area contributed by atoms with Gasteiger partial charge in [0, 0.05) is 19.4 Å². The van der Waals surface area contributed by atoms with Gasteiger partial charge in [0.15, 0.2) is 0 Å². The fourth-order valence-electron chi connectivity index (χ4n) is 1.77. The minimum Gasteiger partial charge on any atom is -0.289 e. The van der Waals surface area contributed by atoms with Gasteiger partial charge in [-0.25, -0.2) is 4.98 Å². The molecule has 0 aliphatic heterocycles. The lowest BCUT2D eigenvalue weighted by Gasteiger charge is -1.96. The first-order chi connectivity index (χ1) is 9.26. The van der Waals surface area contributed by atoms with E-state index in [0.29, 0.717) is 5.69 Å². The van der Waals surface area contributed by atoms with Gasteiger partial charge in [0.2, 0.25) is 0 Å². The molecule has 3 heterocycles. The molecule has 0 atom stereocenters. The highest BCUT2D eigenvalue weighted by Crippen LogP contribution is 2.15. The topological polar surface area (TPSA) is 71.3 Å². The van der Waals surface area contributed by atoms with Crippen LogP contribution in [0.2, 0.25) is 0 Å². The Hall–Kier alpha value is -2.94. The summed E-state index contributed by atoms with van der Waals surface area (Å²) in [6.45, 7) is 0. The summed E-state index contributed by atoms with van der Waals surface area (Å²) in [5.41, 5.74) is 2.75. The zero-order chi connectivity index (χ0) is 13.2. The molecule has 0 aliphatic rings. The molecule has 0 saturated heterocycles. The summed E-state index contributed by atoms with van der Waals surface area (Å²) in [5, 5.41) is 13.2. The van der Waals surface area contributed by atoms with Crippen molar-refractivity contribution in [1.29, 1.82) is 5.26 Å². The Labute approximate surface area is 109 Å². The molecule has 0 bridgehead atoms. The van der Waals surface area contributed by atoms with E-state index < -0.39 is 0 Å². The van der Waals surface area contributed by atoms with Gasteiger partial charge in [-0.2, -0.15) is 10.4 Å². The third-order valence-corrected chi connectivity index (χ3v) is 2.68. The summed E-state index contributed by atoms with van der Waals surface area (Å²) >= 11 is 0. The smallest absolute Gasteiger partial charge is 0.144 e. The molecular formula is C13H10N6. The van der Waals surface area contributed by atoms with Gasteiger partial charge < -0.3 is 0 Å². The van der Waals surface area contributed by atoms with Crippen molar-refractivity contribution >= 4 is 17.5 Å². The molecule has 0 spiro atoms. The van der Waals surface area contributed by atoms with Gasteiger partial charge in [0.05, 0.1) is 18.1 Å². The van der Waals surface area contributed by atoms with Crippen molar-refractivity contribution < 1.29 is 0 Å². The van der Waals surface area contributed by atoms with Crippen LogP contribution < -0.4 is 0 Å². The third-order valence-electron chi connectivity index (χ3n) is 2.68. The van der Waals surface area contributed by atoms with E-state index in [0.717, 1.165) is 17.0 Å². The van der Waals surface area contributed by atoms with Crippen molar-refractivity contribution in [2.45, 2.75) is 0 Å². The normalized spacial score (nSPS) is 11.2. The molecule has 92 valence electrons. The second kappa shape index (κ2) is 4.38. The fourth-order valence-corrected chi connectivity index (χ4v) is 1.77. The number of imidazole rings is 1. The van der Waals surface area contributed by atoms with Crippen LogP contribution in [0.4, 0.5) is 5.69 Å². The molecule has 0 N–H and O–H groups in total. The molecule has 6 nitrogen and oxygen atoms in total. The highest BCUT2D eigenvalue weighted by Gasteiger charge is 2.02. The highest BCUT2D eigenvalue weighted by atomic mass is 15.2. The van der Waals surface area contributed by atoms with Gasteiger partial charge in [0.1, 0.15) is 23.1 Å². The van der Waals surface area contributed by atoms with Crippen LogP contribution in [0.3, 0.4) is 0 Å². The van der Waals surface area contributed by atoms with Gasteiger partial charge >= 0.3 is 0 Å². The Morgan fingerprint density at radius 3 is 3.00 bits per heavy atom. The van der Waals surface area contributed by atoms with Crippen LogP contribution in [0.5, 0.6) is 0 Å². The Morgan fingerprint density at radius 1 is 1.37 bits per heavy atom. The predicted molar refractivity (Wildman–Crippen MR) is 70.4 cm³/mol. The van der Waals surface area contributed by atoms with E-state index in [9.17, 15) is 0 Å². The fraction of sp³-hybridized carbons (Fsp3) is 0.0769. The molecule has 0 fully saturated rings. The zero-order valence-corrected chi connectivity index (χ0v) is 10.2. The average molecular weight is 250 g/mol. The minimum absolute atomic E-state index is 0.491. The number of aliphatic imine (C=N–C) groups is 1. The maximum absolute atomic E-state index is 8.96. The van der Waals surface area contributed by atoms with Crippen LogP contribution in [0, 0.1) is 11.3 Å². The van der Waals surface area contributed by atoms with Gasteiger partial charge in [0.25, 0.3) is 0 Å². The Morgan fingerprint density at radius 2 is 2.26 bits per heavy atom. The van der Waals surface area contributed by atoms with Crippen LogP contribution in [0.1, 0.15) is 11.4 Å². The molecule has 0 aromatic carbocycles. The summed E-state index contributed by atoms with van der Waals surface area (Å²) in [6, 6.07) is 7.64. The van der Waals surface area contributed by atoms with Crippen LogP contribution in [0.25, 0.3) is 5.65 Å². The first kappa shape index (κ1) is 11.2. The number of fused-ring (bicyclic) bond motifs is 1. The number of hydrogen-bond donors (Lipinski definition) is 0. The van der Waals surface area contributed by atoms with Gasteiger partial charge in [-0.3, -0.25) is 14.1 Å². The van der Waals surface area contributed by atoms with E-state index in [4.69, 9.17) is 5.26 Å².